The fraction of sp³-hybridized carbons (Fsp3) is 0.652. The average molecular weight is 405 g/mol. The average Bonchev–Trinajstić information content (AvgIpc) is 2.67. The molecule has 1 aromatic carbocycles. The van der Waals surface area contributed by atoms with Gasteiger partial charge in [-0.05, 0) is 63.6 Å². The molecule has 2 rings (SSSR count). The van der Waals surface area contributed by atoms with Crippen molar-refractivity contribution in [2.75, 3.05) is 13.7 Å². The molecule has 0 aliphatic heterocycles. The predicted octanol–water partition coefficient (Wildman–Crippen LogP) is 3.93. The summed E-state index contributed by atoms with van der Waals surface area (Å²) in [4.78, 5) is 25.0. The Labute approximate surface area is 174 Å². The molecular formula is C23H36N2O4. The number of rotatable bonds is 9. The zero-order valence-corrected chi connectivity index (χ0v) is 18.4. The van der Waals surface area contributed by atoms with Crippen LogP contribution in [0.2, 0.25) is 0 Å². The van der Waals surface area contributed by atoms with E-state index in [-0.39, 0.29) is 29.8 Å². The molecule has 29 heavy (non-hydrogen) atoms. The van der Waals surface area contributed by atoms with Gasteiger partial charge in [0.1, 0.15) is 0 Å². The van der Waals surface area contributed by atoms with Gasteiger partial charge in [-0.15, -0.1) is 0 Å². The maximum Gasteiger partial charge on any atom is 0.251 e. The van der Waals surface area contributed by atoms with Gasteiger partial charge in [-0.1, -0.05) is 20.3 Å². The van der Waals surface area contributed by atoms with Crippen molar-refractivity contribution in [2.45, 2.75) is 71.9 Å². The van der Waals surface area contributed by atoms with Crippen molar-refractivity contribution in [3.63, 3.8) is 0 Å². The van der Waals surface area contributed by atoms with Gasteiger partial charge in [0, 0.05) is 23.6 Å². The number of ether oxygens (including phenoxy) is 2. The van der Waals surface area contributed by atoms with E-state index in [0.29, 0.717) is 36.0 Å². The number of benzene rings is 1. The molecule has 162 valence electrons. The van der Waals surface area contributed by atoms with Crippen LogP contribution in [0, 0.1) is 11.8 Å². The second-order valence-corrected chi connectivity index (χ2v) is 8.59. The van der Waals surface area contributed by atoms with Crippen LogP contribution in [-0.2, 0) is 4.79 Å². The van der Waals surface area contributed by atoms with Crippen LogP contribution in [0.1, 0.15) is 70.2 Å². The number of methoxy groups -OCH3 is 1. The van der Waals surface area contributed by atoms with Gasteiger partial charge in [-0.2, -0.15) is 0 Å². The molecular weight excluding hydrogens is 368 g/mol. The Morgan fingerprint density at radius 2 is 1.90 bits per heavy atom. The van der Waals surface area contributed by atoms with Gasteiger partial charge in [0.2, 0.25) is 5.91 Å². The van der Waals surface area contributed by atoms with Crippen LogP contribution in [0.3, 0.4) is 0 Å². The van der Waals surface area contributed by atoms with Crippen molar-refractivity contribution in [3.8, 4) is 11.5 Å². The Balaban J connectivity index is 1.96. The van der Waals surface area contributed by atoms with Crippen LogP contribution in [0.15, 0.2) is 18.2 Å². The second-order valence-electron chi connectivity index (χ2n) is 8.59. The van der Waals surface area contributed by atoms with E-state index in [1.165, 1.54) is 0 Å². The molecule has 1 aliphatic carbocycles. The molecule has 1 aliphatic rings. The molecule has 6 heteroatoms. The van der Waals surface area contributed by atoms with Crippen molar-refractivity contribution in [1.29, 1.82) is 0 Å². The van der Waals surface area contributed by atoms with E-state index in [1.807, 2.05) is 13.8 Å². The highest BCUT2D eigenvalue weighted by Crippen LogP contribution is 2.29. The zero-order chi connectivity index (χ0) is 21.4. The largest absolute Gasteiger partial charge is 0.493 e. The third-order valence-corrected chi connectivity index (χ3v) is 5.19. The summed E-state index contributed by atoms with van der Waals surface area (Å²) in [6, 6.07) is 5.40. The van der Waals surface area contributed by atoms with Crippen molar-refractivity contribution in [3.05, 3.63) is 23.8 Å². The first kappa shape index (κ1) is 23.0. The number of carbonyl (C=O) groups excluding carboxylic acids is 2. The van der Waals surface area contributed by atoms with Crippen molar-refractivity contribution >= 4 is 11.8 Å². The van der Waals surface area contributed by atoms with E-state index in [0.717, 1.165) is 25.7 Å². The molecule has 2 N–H and O–H groups in total. The lowest BCUT2D eigenvalue weighted by molar-refractivity contribution is -0.126. The standard InChI is InChI=1S/C23H36N2O4/c1-15(2)11-12-29-20-10-9-18(14-21(20)28-5)23(27)25-19-8-6-7-17(13-19)22(26)24-16(3)4/h9-10,14-17,19H,6-8,11-13H2,1-5H3,(H,24,26)(H,25,27). The highest BCUT2D eigenvalue weighted by Gasteiger charge is 2.28. The first-order chi connectivity index (χ1) is 13.8. The fourth-order valence-electron chi connectivity index (χ4n) is 3.56. The Bertz CT molecular complexity index is 687. The maximum absolute atomic E-state index is 12.7. The quantitative estimate of drug-likeness (QED) is 0.654. The summed E-state index contributed by atoms with van der Waals surface area (Å²) in [7, 11) is 1.57. The number of amides is 2. The molecule has 0 aromatic heterocycles. The summed E-state index contributed by atoms with van der Waals surface area (Å²) < 4.78 is 11.2. The minimum Gasteiger partial charge on any atom is -0.493 e. The van der Waals surface area contributed by atoms with Crippen molar-refractivity contribution in [1.82, 2.24) is 10.6 Å². The molecule has 0 spiro atoms. The lowest BCUT2D eigenvalue weighted by Crippen LogP contribution is -2.43. The van der Waals surface area contributed by atoms with Crippen LogP contribution < -0.4 is 20.1 Å². The third-order valence-electron chi connectivity index (χ3n) is 5.19. The third kappa shape index (κ3) is 7.26. The lowest BCUT2D eigenvalue weighted by atomic mass is 9.85. The highest BCUT2D eigenvalue weighted by molar-refractivity contribution is 5.95. The number of carbonyl (C=O) groups is 2. The summed E-state index contributed by atoms with van der Waals surface area (Å²) in [5.41, 5.74) is 0.534. The van der Waals surface area contributed by atoms with Crippen molar-refractivity contribution < 1.29 is 19.1 Å². The predicted molar refractivity (Wildman–Crippen MR) is 114 cm³/mol. The topological polar surface area (TPSA) is 76.7 Å². The molecule has 0 radical (unpaired) electrons. The molecule has 0 bridgehead atoms. The van der Waals surface area contributed by atoms with Gasteiger partial charge in [-0.3, -0.25) is 9.59 Å². The first-order valence-corrected chi connectivity index (χ1v) is 10.7. The molecule has 0 heterocycles. The molecule has 2 unspecified atom stereocenters. The fourth-order valence-corrected chi connectivity index (χ4v) is 3.56. The van der Waals surface area contributed by atoms with Crippen LogP contribution >= 0.6 is 0 Å². The van der Waals surface area contributed by atoms with E-state index in [2.05, 4.69) is 24.5 Å². The number of nitrogens with one attached hydrogen (secondary N) is 2. The molecule has 1 saturated carbocycles. The van der Waals surface area contributed by atoms with Crippen LogP contribution in [0.5, 0.6) is 11.5 Å². The molecule has 1 aromatic rings. The molecule has 0 saturated heterocycles. The van der Waals surface area contributed by atoms with E-state index >= 15 is 0 Å². The van der Waals surface area contributed by atoms with Crippen LogP contribution in [0.25, 0.3) is 0 Å². The Morgan fingerprint density at radius 1 is 1.14 bits per heavy atom. The van der Waals surface area contributed by atoms with E-state index in [9.17, 15) is 9.59 Å². The van der Waals surface area contributed by atoms with Gasteiger partial charge < -0.3 is 20.1 Å². The minimum atomic E-state index is -0.146. The number of hydrogen-bond acceptors (Lipinski definition) is 4. The summed E-state index contributed by atoms with van der Waals surface area (Å²) in [5.74, 6) is 1.66. The van der Waals surface area contributed by atoms with E-state index in [4.69, 9.17) is 9.47 Å². The van der Waals surface area contributed by atoms with Crippen molar-refractivity contribution in [2.24, 2.45) is 11.8 Å². The number of hydrogen-bond donors (Lipinski definition) is 2. The Kier molecular flexibility index (Phi) is 8.80. The molecule has 2 amide bonds. The van der Waals surface area contributed by atoms with Gasteiger partial charge in [0.05, 0.1) is 13.7 Å². The zero-order valence-electron chi connectivity index (χ0n) is 18.4. The summed E-state index contributed by atoms with van der Waals surface area (Å²) in [6.45, 7) is 8.83. The second kappa shape index (κ2) is 11.1. The summed E-state index contributed by atoms with van der Waals surface area (Å²) in [5, 5.41) is 6.07. The highest BCUT2D eigenvalue weighted by atomic mass is 16.5. The first-order valence-electron chi connectivity index (χ1n) is 10.7. The smallest absolute Gasteiger partial charge is 0.251 e. The molecule has 2 atom stereocenters. The van der Waals surface area contributed by atoms with Gasteiger partial charge >= 0.3 is 0 Å². The van der Waals surface area contributed by atoms with E-state index < -0.39 is 0 Å². The lowest BCUT2D eigenvalue weighted by Gasteiger charge is -2.29. The maximum atomic E-state index is 12.7. The molecule has 6 nitrogen and oxygen atoms in total. The Hall–Kier alpha value is -2.24. The van der Waals surface area contributed by atoms with Gasteiger partial charge in [0.25, 0.3) is 5.91 Å². The Morgan fingerprint density at radius 3 is 2.55 bits per heavy atom. The van der Waals surface area contributed by atoms with Crippen LogP contribution in [0.4, 0.5) is 0 Å². The molecule has 1 fully saturated rings. The minimum absolute atomic E-state index is 0.00660. The van der Waals surface area contributed by atoms with Gasteiger partial charge in [-0.25, -0.2) is 0 Å². The summed E-state index contributed by atoms with van der Waals surface area (Å²) >= 11 is 0. The van der Waals surface area contributed by atoms with Gasteiger partial charge in [0.15, 0.2) is 11.5 Å². The summed E-state index contributed by atoms with van der Waals surface area (Å²) in [6.07, 6.45) is 4.34. The normalized spacial score (nSPS) is 19.1. The van der Waals surface area contributed by atoms with Crippen LogP contribution in [-0.4, -0.2) is 37.6 Å². The SMILES string of the molecule is COc1cc(C(=O)NC2CCCC(C(=O)NC(C)C)C2)ccc1OCCC(C)C. The van der Waals surface area contributed by atoms with E-state index in [1.54, 1.807) is 25.3 Å². The monoisotopic (exact) mass is 404 g/mol.